The lowest BCUT2D eigenvalue weighted by atomic mass is 10.1. The van der Waals surface area contributed by atoms with Crippen LogP contribution in [0.5, 0.6) is 11.5 Å². The zero-order valence-electron chi connectivity index (χ0n) is 15.1. The second kappa shape index (κ2) is 8.18. The molecule has 0 bridgehead atoms. The van der Waals surface area contributed by atoms with Crippen molar-refractivity contribution in [2.75, 3.05) is 13.7 Å². The van der Waals surface area contributed by atoms with Crippen LogP contribution in [0.3, 0.4) is 0 Å². The summed E-state index contributed by atoms with van der Waals surface area (Å²) in [6.07, 6.45) is -4.41. The highest BCUT2D eigenvalue weighted by molar-refractivity contribution is 7.89. The van der Waals surface area contributed by atoms with Gasteiger partial charge in [0.1, 0.15) is 11.5 Å². The normalized spacial score (nSPS) is 12.1. The lowest BCUT2D eigenvalue weighted by molar-refractivity contribution is -0.153. The van der Waals surface area contributed by atoms with E-state index in [0.717, 1.165) is 0 Å². The number of benzene rings is 2. The highest BCUT2D eigenvalue weighted by Gasteiger charge is 2.28. The molecular formula is C18H20F3NO4S. The Kier molecular flexibility index (Phi) is 6.38. The molecule has 0 spiro atoms. The average Bonchev–Trinajstić information content (AvgIpc) is 2.58. The first kappa shape index (κ1) is 21.0. The lowest BCUT2D eigenvalue weighted by Gasteiger charge is -2.13. The van der Waals surface area contributed by atoms with E-state index in [0.29, 0.717) is 22.4 Å². The number of nitrogens with one attached hydrogen (secondary N) is 1. The Morgan fingerprint density at radius 3 is 2.07 bits per heavy atom. The van der Waals surface area contributed by atoms with E-state index >= 15 is 0 Å². The molecule has 0 heterocycles. The summed E-state index contributed by atoms with van der Waals surface area (Å²) < 4.78 is 73.7. The molecule has 0 aliphatic heterocycles. The van der Waals surface area contributed by atoms with E-state index in [4.69, 9.17) is 4.74 Å². The number of halogens is 3. The summed E-state index contributed by atoms with van der Waals surface area (Å²) >= 11 is 0. The number of rotatable bonds is 7. The Labute approximate surface area is 156 Å². The van der Waals surface area contributed by atoms with Crippen LogP contribution in [0.25, 0.3) is 0 Å². The molecule has 27 heavy (non-hydrogen) atoms. The van der Waals surface area contributed by atoms with E-state index < -0.39 is 22.8 Å². The molecule has 5 nitrogen and oxygen atoms in total. The van der Waals surface area contributed by atoms with Gasteiger partial charge in [-0.25, -0.2) is 13.1 Å². The molecule has 2 rings (SSSR count). The molecule has 0 unspecified atom stereocenters. The fourth-order valence-electron chi connectivity index (χ4n) is 2.52. The van der Waals surface area contributed by atoms with Gasteiger partial charge in [-0.05, 0) is 54.8 Å². The summed E-state index contributed by atoms with van der Waals surface area (Å²) in [5.41, 5.74) is 1.98. The van der Waals surface area contributed by atoms with Crippen molar-refractivity contribution >= 4 is 10.0 Å². The molecule has 0 saturated carbocycles. The van der Waals surface area contributed by atoms with Crippen LogP contribution in [-0.4, -0.2) is 28.3 Å². The number of aryl methyl sites for hydroxylation is 2. The molecule has 0 aliphatic carbocycles. The van der Waals surface area contributed by atoms with Crippen LogP contribution in [0.15, 0.2) is 41.3 Å². The zero-order chi connectivity index (χ0) is 20.2. The van der Waals surface area contributed by atoms with Gasteiger partial charge in [0.25, 0.3) is 0 Å². The molecule has 0 aromatic heterocycles. The third-order valence-corrected chi connectivity index (χ3v) is 5.12. The highest BCUT2D eigenvalue weighted by atomic mass is 32.2. The quantitative estimate of drug-likeness (QED) is 0.765. The molecule has 2 aromatic carbocycles. The standard InChI is InChI=1S/C18H20F3NO4S/c1-12-8-16(9-13(2)17(12)25-3)27(23,24)22-10-14-4-6-15(7-5-14)26-11-18(19,20)21/h4-9,22H,10-11H2,1-3H3. The Morgan fingerprint density at radius 1 is 1.04 bits per heavy atom. The SMILES string of the molecule is COc1c(C)cc(S(=O)(=O)NCc2ccc(OCC(F)(F)F)cc2)cc1C. The van der Waals surface area contributed by atoms with Crippen LogP contribution in [0.1, 0.15) is 16.7 Å². The number of sulfonamides is 1. The summed E-state index contributed by atoms with van der Waals surface area (Å²) in [7, 11) is -2.24. The Morgan fingerprint density at radius 2 is 1.59 bits per heavy atom. The van der Waals surface area contributed by atoms with E-state index in [1.54, 1.807) is 13.8 Å². The number of hydrogen-bond acceptors (Lipinski definition) is 4. The lowest BCUT2D eigenvalue weighted by Crippen LogP contribution is -2.23. The fraction of sp³-hybridized carbons (Fsp3) is 0.333. The first-order chi connectivity index (χ1) is 12.5. The van der Waals surface area contributed by atoms with Gasteiger partial charge >= 0.3 is 6.18 Å². The molecule has 0 atom stereocenters. The van der Waals surface area contributed by atoms with Crippen molar-refractivity contribution in [3.8, 4) is 11.5 Å². The zero-order valence-corrected chi connectivity index (χ0v) is 15.9. The largest absolute Gasteiger partial charge is 0.496 e. The van der Waals surface area contributed by atoms with E-state index in [-0.39, 0.29) is 17.2 Å². The Hall–Kier alpha value is -2.26. The van der Waals surface area contributed by atoms with Crippen LogP contribution in [0, 0.1) is 13.8 Å². The van der Waals surface area contributed by atoms with Crippen molar-refractivity contribution < 1.29 is 31.1 Å². The van der Waals surface area contributed by atoms with E-state index in [2.05, 4.69) is 9.46 Å². The smallest absolute Gasteiger partial charge is 0.422 e. The van der Waals surface area contributed by atoms with Crippen molar-refractivity contribution in [2.45, 2.75) is 31.5 Å². The molecular weight excluding hydrogens is 383 g/mol. The number of hydrogen-bond donors (Lipinski definition) is 1. The second-order valence-electron chi connectivity index (χ2n) is 5.96. The molecule has 2 aromatic rings. The van der Waals surface area contributed by atoms with Crippen LogP contribution in [0.2, 0.25) is 0 Å². The summed E-state index contributed by atoms with van der Waals surface area (Å²) in [6, 6.07) is 8.75. The van der Waals surface area contributed by atoms with Gasteiger partial charge in [0.2, 0.25) is 10.0 Å². The molecule has 0 fully saturated rings. The van der Waals surface area contributed by atoms with Gasteiger partial charge < -0.3 is 9.47 Å². The van der Waals surface area contributed by atoms with Crippen molar-refractivity contribution in [1.82, 2.24) is 4.72 Å². The Bertz CT molecular complexity index is 871. The van der Waals surface area contributed by atoms with Gasteiger partial charge in [-0.15, -0.1) is 0 Å². The number of ether oxygens (including phenoxy) is 2. The van der Waals surface area contributed by atoms with Crippen molar-refractivity contribution in [1.29, 1.82) is 0 Å². The summed E-state index contributed by atoms with van der Waals surface area (Å²) in [6.45, 7) is 2.12. The van der Waals surface area contributed by atoms with E-state index in [1.807, 2.05) is 0 Å². The number of methoxy groups -OCH3 is 1. The molecule has 1 N–H and O–H groups in total. The molecule has 0 saturated heterocycles. The topological polar surface area (TPSA) is 64.6 Å². The second-order valence-corrected chi connectivity index (χ2v) is 7.73. The van der Waals surface area contributed by atoms with Gasteiger partial charge in [-0.1, -0.05) is 12.1 Å². The maximum absolute atomic E-state index is 12.5. The third-order valence-electron chi connectivity index (χ3n) is 3.74. The Balaban J connectivity index is 2.05. The van der Waals surface area contributed by atoms with Gasteiger partial charge in [0, 0.05) is 6.54 Å². The first-order valence-electron chi connectivity index (χ1n) is 7.95. The fourth-order valence-corrected chi connectivity index (χ4v) is 3.71. The van der Waals surface area contributed by atoms with Crippen LogP contribution < -0.4 is 14.2 Å². The minimum atomic E-state index is -4.41. The molecule has 0 aliphatic rings. The van der Waals surface area contributed by atoms with E-state index in [9.17, 15) is 21.6 Å². The molecule has 0 radical (unpaired) electrons. The minimum Gasteiger partial charge on any atom is -0.496 e. The third kappa shape index (κ3) is 5.86. The molecule has 9 heteroatoms. The summed E-state index contributed by atoms with van der Waals surface area (Å²) in [5, 5.41) is 0. The van der Waals surface area contributed by atoms with Crippen molar-refractivity contribution in [2.24, 2.45) is 0 Å². The molecule has 0 amide bonds. The van der Waals surface area contributed by atoms with Crippen molar-refractivity contribution in [3.63, 3.8) is 0 Å². The van der Waals surface area contributed by atoms with Gasteiger partial charge in [0.05, 0.1) is 12.0 Å². The first-order valence-corrected chi connectivity index (χ1v) is 9.43. The average molecular weight is 403 g/mol. The van der Waals surface area contributed by atoms with Crippen molar-refractivity contribution in [3.05, 3.63) is 53.1 Å². The highest BCUT2D eigenvalue weighted by Crippen LogP contribution is 2.26. The molecule has 148 valence electrons. The van der Waals surface area contributed by atoms with Gasteiger partial charge in [-0.2, -0.15) is 13.2 Å². The van der Waals surface area contributed by atoms with E-state index in [1.165, 1.54) is 43.5 Å². The van der Waals surface area contributed by atoms with Crippen LogP contribution >= 0.6 is 0 Å². The minimum absolute atomic E-state index is 0.00793. The maximum Gasteiger partial charge on any atom is 0.422 e. The number of alkyl halides is 3. The predicted molar refractivity (Wildman–Crippen MR) is 94.5 cm³/mol. The monoisotopic (exact) mass is 403 g/mol. The predicted octanol–water partition coefficient (Wildman–Crippen LogP) is 3.73. The summed E-state index contributed by atoms with van der Waals surface area (Å²) in [4.78, 5) is 0.114. The van der Waals surface area contributed by atoms with Gasteiger partial charge in [-0.3, -0.25) is 0 Å². The van der Waals surface area contributed by atoms with Crippen LogP contribution in [0.4, 0.5) is 13.2 Å². The summed E-state index contributed by atoms with van der Waals surface area (Å²) in [5.74, 6) is 0.684. The van der Waals surface area contributed by atoms with Gasteiger partial charge in [0.15, 0.2) is 6.61 Å². The van der Waals surface area contributed by atoms with Crippen LogP contribution in [-0.2, 0) is 16.6 Å². The maximum atomic E-state index is 12.5.